The summed E-state index contributed by atoms with van der Waals surface area (Å²) in [5.41, 5.74) is 1.14. The minimum Gasteiger partial charge on any atom is -0.489 e. The molecule has 1 unspecified atom stereocenters. The van der Waals surface area contributed by atoms with E-state index in [1.165, 1.54) is 0 Å². The molecular weight excluding hydrogens is 312 g/mol. The van der Waals surface area contributed by atoms with E-state index < -0.39 is 0 Å². The zero-order chi connectivity index (χ0) is 16.7. The molecule has 1 heterocycles. The van der Waals surface area contributed by atoms with Crippen LogP contribution in [0.25, 0.3) is 0 Å². The third-order valence-electron chi connectivity index (χ3n) is 3.79. The van der Waals surface area contributed by atoms with Gasteiger partial charge in [0.15, 0.2) is 0 Å². The molecule has 6 heteroatoms. The fourth-order valence-electron chi connectivity index (χ4n) is 2.22. The summed E-state index contributed by atoms with van der Waals surface area (Å²) in [6.45, 7) is 8.74. The van der Waals surface area contributed by atoms with Crippen molar-refractivity contribution < 1.29 is 4.74 Å². The number of hydrogen-bond acceptors (Lipinski definition) is 4. The van der Waals surface area contributed by atoms with E-state index in [1.54, 1.807) is 6.33 Å². The molecule has 0 saturated carbocycles. The van der Waals surface area contributed by atoms with Gasteiger partial charge in [0.2, 0.25) is 0 Å². The number of rotatable bonds is 9. The Morgan fingerprint density at radius 1 is 1.35 bits per heavy atom. The van der Waals surface area contributed by atoms with Gasteiger partial charge in [-0.15, -0.1) is 10.2 Å². The van der Waals surface area contributed by atoms with E-state index in [2.05, 4.69) is 33.9 Å². The topological polar surface area (TPSA) is 52.0 Å². The molecular formula is C17H25ClN4O. The van der Waals surface area contributed by atoms with Gasteiger partial charge in [-0.1, -0.05) is 24.6 Å². The highest BCUT2D eigenvalue weighted by atomic mass is 35.5. The molecule has 0 spiro atoms. The number of hydrogen-bond donors (Lipinski definition) is 1. The minimum atomic E-state index is 0.174. The summed E-state index contributed by atoms with van der Waals surface area (Å²) in [5.74, 6) is 1.76. The van der Waals surface area contributed by atoms with Gasteiger partial charge in [0.1, 0.15) is 17.9 Å². The molecule has 0 radical (unpaired) electrons. The van der Waals surface area contributed by atoms with Crippen LogP contribution in [-0.4, -0.2) is 27.4 Å². The molecule has 1 atom stereocenters. The summed E-state index contributed by atoms with van der Waals surface area (Å²) in [4.78, 5) is 0. The predicted octanol–water partition coefficient (Wildman–Crippen LogP) is 3.46. The standard InChI is InChI=1S/C17H25ClN4O/c1-4-13(3)23-16-7-6-14(10-15(16)18)11-19-9-8-17-21-20-12-22(17)5-2/h6-7,10,12-13,19H,4-5,8-9,11H2,1-3H3. The van der Waals surface area contributed by atoms with E-state index in [4.69, 9.17) is 16.3 Å². The lowest BCUT2D eigenvalue weighted by atomic mass is 10.2. The lowest BCUT2D eigenvalue weighted by Crippen LogP contribution is -2.18. The van der Waals surface area contributed by atoms with Crippen molar-refractivity contribution in [1.29, 1.82) is 0 Å². The van der Waals surface area contributed by atoms with Crippen LogP contribution in [0.3, 0.4) is 0 Å². The van der Waals surface area contributed by atoms with Gasteiger partial charge in [-0.3, -0.25) is 0 Å². The predicted molar refractivity (Wildman–Crippen MR) is 92.9 cm³/mol. The van der Waals surface area contributed by atoms with Gasteiger partial charge < -0.3 is 14.6 Å². The molecule has 0 bridgehead atoms. The van der Waals surface area contributed by atoms with Crippen molar-refractivity contribution in [3.05, 3.63) is 40.9 Å². The quantitative estimate of drug-likeness (QED) is 0.712. The second kappa shape index (κ2) is 8.89. The van der Waals surface area contributed by atoms with Crippen LogP contribution in [0.15, 0.2) is 24.5 Å². The van der Waals surface area contributed by atoms with E-state index in [0.29, 0.717) is 5.02 Å². The average Bonchev–Trinajstić information content (AvgIpc) is 3.01. The minimum absolute atomic E-state index is 0.174. The summed E-state index contributed by atoms with van der Waals surface area (Å²) < 4.78 is 7.83. The summed E-state index contributed by atoms with van der Waals surface area (Å²) in [6.07, 6.45) is 3.76. The third kappa shape index (κ3) is 5.22. The Morgan fingerprint density at radius 2 is 2.17 bits per heavy atom. The molecule has 23 heavy (non-hydrogen) atoms. The van der Waals surface area contributed by atoms with Crippen LogP contribution in [-0.2, 0) is 19.5 Å². The molecule has 0 aliphatic carbocycles. The van der Waals surface area contributed by atoms with E-state index in [1.807, 2.05) is 25.1 Å². The van der Waals surface area contributed by atoms with Crippen LogP contribution in [0.2, 0.25) is 5.02 Å². The summed E-state index contributed by atoms with van der Waals surface area (Å²) in [7, 11) is 0. The second-order valence-electron chi connectivity index (χ2n) is 5.56. The fourth-order valence-corrected chi connectivity index (χ4v) is 2.47. The molecule has 0 aliphatic rings. The first kappa shape index (κ1) is 17.8. The number of nitrogens with one attached hydrogen (secondary N) is 1. The molecule has 1 aromatic carbocycles. The van der Waals surface area contributed by atoms with Crippen LogP contribution in [0, 0.1) is 0 Å². The molecule has 0 aliphatic heterocycles. The van der Waals surface area contributed by atoms with Crippen LogP contribution < -0.4 is 10.1 Å². The summed E-state index contributed by atoms with van der Waals surface area (Å²) >= 11 is 6.29. The van der Waals surface area contributed by atoms with Gasteiger partial charge in [0.25, 0.3) is 0 Å². The van der Waals surface area contributed by atoms with Gasteiger partial charge in [-0.2, -0.15) is 0 Å². The van der Waals surface area contributed by atoms with Gasteiger partial charge in [-0.25, -0.2) is 0 Å². The van der Waals surface area contributed by atoms with Gasteiger partial charge in [0.05, 0.1) is 11.1 Å². The Kier molecular flexibility index (Phi) is 6.86. The van der Waals surface area contributed by atoms with Crippen LogP contribution >= 0.6 is 11.6 Å². The lowest BCUT2D eigenvalue weighted by molar-refractivity contribution is 0.217. The maximum Gasteiger partial charge on any atom is 0.138 e. The van der Waals surface area contributed by atoms with E-state index in [9.17, 15) is 0 Å². The molecule has 0 fully saturated rings. The zero-order valence-corrected chi connectivity index (χ0v) is 14.8. The Bertz CT molecular complexity index is 614. The highest BCUT2D eigenvalue weighted by molar-refractivity contribution is 6.32. The highest BCUT2D eigenvalue weighted by Gasteiger charge is 2.07. The molecule has 0 amide bonds. The van der Waals surface area contributed by atoms with Crippen molar-refractivity contribution in [3.8, 4) is 5.75 Å². The van der Waals surface area contributed by atoms with Crippen LogP contribution in [0.1, 0.15) is 38.6 Å². The number of aryl methyl sites for hydroxylation is 1. The van der Waals surface area contributed by atoms with Crippen molar-refractivity contribution in [3.63, 3.8) is 0 Å². The van der Waals surface area contributed by atoms with E-state index in [0.717, 1.165) is 49.6 Å². The van der Waals surface area contributed by atoms with Crippen molar-refractivity contribution in [2.24, 2.45) is 0 Å². The summed E-state index contributed by atoms with van der Waals surface area (Å²) in [6, 6.07) is 5.95. The maximum atomic E-state index is 6.29. The van der Waals surface area contributed by atoms with Gasteiger partial charge in [-0.05, 0) is 38.0 Å². The number of halogens is 1. The van der Waals surface area contributed by atoms with Crippen molar-refractivity contribution >= 4 is 11.6 Å². The van der Waals surface area contributed by atoms with E-state index >= 15 is 0 Å². The maximum absolute atomic E-state index is 6.29. The van der Waals surface area contributed by atoms with E-state index in [-0.39, 0.29) is 6.10 Å². The Balaban J connectivity index is 1.81. The Hall–Kier alpha value is -1.59. The first-order valence-corrected chi connectivity index (χ1v) is 8.54. The Morgan fingerprint density at radius 3 is 2.87 bits per heavy atom. The molecule has 1 aromatic heterocycles. The first-order valence-electron chi connectivity index (χ1n) is 8.16. The number of benzene rings is 1. The normalized spacial score (nSPS) is 12.3. The smallest absolute Gasteiger partial charge is 0.138 e. The molecule has 2 rings (SSSR count). The molecule has 1 N–H and O–H groups in total. The first-order chi connectivity index (χ1) is 11.1. The number of nitrogens with zero attached hydrogens (tertiary/aromatic N) is 3. The molecule has 126 valence electrons. The highest BCUT2D eigenvalue weighted by Crippen LogP contribution is 2.26. The van der Waals surface area contributed by atoms with Gasteiger partial charge >= 0.3 is 0 Å². The summed E-state index contributed by atoms with van der Waals surface area (Å²) in [5, 5.41) is 12.1. The van der Waals surface area contributed by atoms with Gasteiger partial charge in [0, 0.05) is 26.1 Å². The lowest BCUT2D eigenvalue weighted by Gasteiger charge is -2.14. The monoisotopic (exact) mass is 336 g/mol. The largest absolute Gasteiger partial charge is 0.489 e. The van der Waals surface area contributed by atoms with Crippen LogP contribution in [0.4, 0.5) is 0 Å². The van der Waals surface area contributed by atoms with Crippen molar-refractivity contribution in [1.82, 2.24) is 20.1 Å². The molecule has 0 saturated heterocycles. The number of ether oxygens (including phenoxy) is 1. The molecule has 2 aromatic rings. The molecule has 5 nitrogen and oxygen atoms in total. The van der Waals surface area contributed by atoms with Crippen LogP contribution in [0.5, 0.6) is 5.75 Å². The second-order valence-corrected chi connectivity index (χ2v) is 5.97. The fraction of sp³-hybridized carbons (Fsp3) is 0.529. The van der Waals surface area contributed by atoms with Crippen molar-refractivity contribution in [2.75, 3.05) is 6.54 Å². The number of aromatic nitrogens is 3. The third-order valence-corrected chi connectivity index (χ3v) is 4.09. The Labute approximate surface area is 143 Å². The average molecular weight is 337 g/mol. The SMILES string of the molecule is CCC(C)Oc1ccc(CNCCc2nncn2CC)cc1Cl. The zero-order valence-electron chi connectivity index (χ0n) is 14.1. The van der Waals surface area contributed by atoms with Crippen molar-refractivity contribution in [2.45, 2.75) is 52.8 Å².